The van der Waals surface area contributed by atoms with Crippen molar-refractivity contribution < 1.29 is 4.74 Å². The highest BCUT2D eigenvalue weighted by atomic mass is 16.5. The molecule has 14 heavy (non-hydrogen) atoms. The zero-order chi connectivity index (χ0) is 9.80. The highest BCUT2D eigenvalue weighted by Crippen LogP contribution is 2.23. The van der Waals surface area contributed by atoms with Gasteiger partial charge in [-0.3, -0.25) is 0 Å². The quantitative estimate of drug-likeness (QED) is 0.734. The standard InChI is InChI=1S/C12H17NO/c1-10-9-13-8-7-12(14-10)11-5-3-2-4-6-11/h2-6,10,12-13H,7-9H2,1H3. The molecule has 0 aliphatic carbocycles. The number of rotatable bonds is 1. The molecular formula is C12H17NO. The lowest BCUT2D eigenvalue weighted by molar-refractivity contribution is 0.00780. The molecule has 0 saturated carbocycles. The second-order valence-corrected chi connectivity index (χ2v) is 3.84. The summed E-state index contributed by atoms with van der Waals surface area (Å²) >= 11 is 0. The van der Waals surface area contributed by atoms with E-state index in [4.69, 9.17) is 4.74 Å². The van der Waals surface area contributed by atoms with Gasteiger partial charge in [-0.15, -0.1) is 0 Å². The van der Waals surface area contributed by atoms with Gasteiger partial charge in [0.25, 0.3) is 0 Å². The Morgan fingerprint density at radius 3 is 2.86 bits per heavy atom. The van der Waals surface area contributed by atoms with E-state index in [0.717, 1.165) is 19.5 Å². The second kappa shape index (κ2) is 4.58. The van der Waals surface area contributed by atoms with E-state index in [2.05, 4.69) is 36.5 Å². The van der Waals surface area contributed by atoms with Crippen LogP contribution in [-0.2, 0) is 4.74 Å². The SMILES string of the molecule is CC1CNCCC(c2ccccc2)O1. The minimum absolute atomic E-state index is 0.265. The van der Waals surface area contributed by atoms with E-state index >= 15 is 0 Å². The maximum Gasteiger partial charge on any atom is 0.0841 e. The van der Waals surface area contributed by atoms with Gasteiger partial charge in [0.15, 0.2) is 0 Å². The Labute approximate surface area is 85.3 Å². The van der Waals surface area contributed by atoms with E-state index in [9.17, 15) is 0 Å². The Hall–Kier alpha value is -0.860. The average Bonchev–Trinajstić information content (AvgIpc) is 2.44. The topological polar surface area (TPSA) is 21.3 Å². The molecule has 0 aromatic heterocycles. The van der Waals surface area contributed by atoms with Gasteiger partial charge < -0.3 is 10.1 Å². The molecule has 76 valence electrons. The minimum Gasteiger partial charge on any atom is -0.369 e. The van der Waals surface area contributed by atoms with E-state index < -0.39 is 0 Å². The summed E-state index contributed by atoms with van der Waals surface area (Å²) < 4.78 is 5.93. The van der Waals surface area contributed by atoms with Crippen molar-refractivity contribution in [1.82, 2.24) is 5.32 Å². The maximum atomic E-state index is 5.93. The van der Waals surface area contributed by atoms with Crippen LogP contribution in [0.2, 0.25) is 0 Å². The van der Waals surface area contributed by atoms with Crippen molar-refractivity contribution in [2.75, 3.05) is 13.1 Å². The van der Waals surface area contributed by atoms with E-state index in [1.54, 1.807) is 0 Å². The normalized spacial score (nSPS) is 28.4. The number of hydrogen-bond acceptors (Lipinski definition) is 2. The van der Waals surface area contributed by atoms with Gasteiger partial charge in [-0.1, -0.05) is 30.3 Å². The fourth-order valence-corrected chi connectivity index (χ4v) is 1.85. The Morgan fingerprint density at radius 1 is 1.29 bits per heavy atom. The van der Waals surface area contributed by atoms with Crippen molar-refractivity contribution in [2.45, 2.75) is 25.6 Å². The van der Waals surface area contributed by atoms with Crippen molar-refractivity contribution in [3.63, 3.8) is 0 Å². The molecular weight excluding hydrogens is 174 g/mol. The van der Waals surface area contributed by atoms with E-state index in [1.807, 2.05) is 6.07 Å². The Balaban J connectivity index is 2.09. The predicted octanol–water partition coefficient (Wildman–Crippen LogP) is 2.13. The van der Waals surface area contributed by atoms with Gasteiger partial charge in [0.05, 0.1) is 12.2 Å². The first-order valence-corrected chi connectivity index (χ1v) is 5.27. The Kier molecular flexibility index (Phi) is 3.17. The van der Waals surface area contributed by atoms with Crippen LogP contribution in [0.1, 0.15) is 25.0 Å². The summed E-state index contributed by atoms with van der Waals surface area (Å²) in [6.45, 7) is 4.13. The molecule has 1 aliphatic heterocycles. The third kappa shape index (κ3) is 2.34. The molecule has 1 N–H and O–H groups in total. The molecule has 0 amide bonds. The highest BCUT2D eigenvalue weighted by molar-refractivity contribution is 5.17. The monoisotopic (exact) mass is 191 g/mol. The van der Waals surface area contributed by atoms with E-state index in [0.29, 0.717) is 6.10 Å². The van der Waals surface area contributed by atoms with Crippen molar-refractivity contribution in [3.8, 4) is 0 Å². The van der Waals surface area contributed by atoms with Gasteiger partial charge in [0.2, 0.25) is 0 Å². The van der Waals surface area contributed by atoms with Crippen LogP contribution in [0.4, 0.5) is 0 Å². The fraction of sp³-hybridized carbons (Fsp3) is 0.500. The predicted molar refractivity (Wildman–Crippen MR) is 57.2 cm³/mol. The van der Waals surface area contributed by atoms with E-state index in [1.165, 1.54) is 5.56 Å². The molecule has 2 atom stereocenters. The van der Waals surface area contributed by atoms with Crippen LogP contribution in [0, 0.1) is 0 Å². The number of benzene rings is 1. The van der Waals surface area contributed by atoms with Gasteiger partial charge in [-0.05, 0) is 25.5 Å². The second-order valence-electron chi connectivity index (χ2n) is 3.84. The van der Waals surface area contributed by atoms with Crippen molar-refractivity contribution in [2.24, 2.45) is 0 Å². The van der Waals surface area contributed by atoms with Crippen LogP contribution in [0.3, 0.4) is 0 Å². The lowest BCUT2D eigenvalue weighted by Gasteiger charge is -2.18. The number of nitrogens with one attached hydrogen (secondary N) is 1. The molecule has 0 radical (unpaired) electrons. The first-order chi connectivity index (χ1) is 6.86. The van der Waals surface area contributed by atoms with Gasteiger partial charge in [-0.2, -0.15) is 0 Å². The van der Waals surface area contributed by atoms with Crippen LogP contribution >= 0.6 is 0 Å². The molecule has 2 heteroatoms. The Morgan fingerprint density at radius 2 is 2.07 bits per heavy atom. The lowest BCUT2D eigenvalue weighted by atomic mass is 10.1. The van der Waals surface area contributed by atoms with Crippen molar-refractivity contribution in [3.05, 3.63) is 35.9 Å². The summed E-state index contributed by atoms with van der Waals surface area (Å²) in [4.78, 5) is 0. The molecule has 1 heterocycles. The molecule has 0 spiro atoms. The summed E-state index contributed by atoms with van der Waals surface area (Å²) in [5.41, 5.74) is 1.29. The fourth-order valence-electron chi connectivity index (χ4n) is 1.85. The molecule has 1 aromatic carbocycles. The van der Waals surface area contributed by atoms with Gasteiger partial charge in [0, 0.05) is 6.54 Å². The summed E-state index contributed by atoms with van der Waals surface area (Å²) in [5.74, 6) is 0. The summed E-state index contributed by atoms with van der Waals surface area (Å²) in [6.07, 6.45) is 1.64. The van der Waals surface area contributed by atoms with Gasteiger partial charge >= 0.3 is 0 Å². The van der Waals surface area contributed by atoms with Crippen LogP contribution in [0.25, 0.3) is 0 Å². The van der Waals surface area contributed by atoms with Gasteiger partial charge in [0.1, 0.15) is 0 Å². The summed E-state index contributed by atoms with van der Waals surface area (Å²) in [6, 6.07) is 10.5. The maximum absolute atomic E-state index is 5.93. The largest absolute Gasteiger partial charge is 0.369 e. The van der Waals surface area contributed by atoms with Crippen LogP contribution in [-0.4, -0.2) is 19.2 Å². The highest BCUT2D eigenvalue weighted by Gasteiger charge is 2.17. The van der Waals surface area contributed by atoms with Crippen molar-refractivity contribution in [1.29, 1.82) is 0 Å². The van der Waals surface area contributed by atoms with Crippen LogP contribution < -0.4 is 5.32 Å². The van der Waals surface area contributed by atoms with Crippen molar-refractivity contribution >= 4 is 0 Å². The average molecular weight is 191 g/mol. The first kappa shape index (κ1) is 9.69. The van der Waals surface area contributed by atoms with Gasteiger partial charge in [-0.25, -0.2) is 0 Å². The first-order valence-electron chi connectivity index (χ1n) is 5.27. The molecule has 1 aliphatic rings. The Bertz CT molecular complexity index is 273. The number of hydrogen-bond donors (Lipinski definition) is 1. The van der Waals surface area contributed by atoms with Crippen LogP contribution in [0.15, 0.2) is 30.3 Å². The summed E-state index contributed by atoms with van der Waals surface area (Å²) in [5, 5.41) is 3.37. The molecule has 2 unspecified atom stereocenters. The molecule has 0 bridgehead atoms. The molecule has 1 fully saturated rings. The van der Waals surface area contributed by atoms with E-state index in [-0.39, 0.29) is 6.10 Å². The zero-order valence-electron chi connectivity index (χ0n) is 8.57. The number of ether oxygens (including phenoxy) is 1. The molecule has 2 nitrogen and oxygen atoms in total. The summed E-state index contributed by atoms with van der Waals surface area (Å²) in [7, 11) is 0. The molecule has 1 saturated heterocycles. The van der Waals surface area contributed by atoms with Crippen LogP contribution in [0.5, 0.6) is 0 Å². The molecule has 2 rings (SSSR count). The smallest absolute Gasteiger partial charge is 0.0841 e. The third-order valence-electron chi connectivity index (χ3n) is 2.58. The zero-order valence-corrected chi connectivity index (χ0v) is 8.57. The lowest BCUT2D eigenvalue weighted by Crippen LogP contribution is -2.23. The minimum atomic E-state index is 0.265. The molecule has 1 aromatic rings. The third-order valence-corrected chi connectivity index (χ3v) is 2.58.